The van der Waals surface area contributed by atoms with Crippen molar-refractivity contribution in [3.63, 3.8) is 0 Å². The fraction of sp³-hybridized carbons (Fsp3) is 0.167. The lowest BCUT2D eigenvalue weighted by molar-refractivity contribution is -0.140. The molecule has 0 fully saturated rings. The first-order valence-corrected chi connectivity index (χ1v) is 10.7. The Morgan fingerprint density at radius 2 is 1.62 bits per heavy atom. The van der Waals surface area contributed by atoms with Crippen molar-refractivity contribution in [2.75, 3.05) is 5.75 Å². The average Bonchev–Trinajstić information content (AvgIpc) is 3.00. The molecule has 0 spiro atoms. The maximum Gasteiger partial charge on any atom is 0.307 e. The molecule has 3 nitrogen and oxygen atoms in total. The Bertz CT molecular complexity index is 957. The second-order valence-corrected chi connectivity index (χ2v) is 8.29. The summed E-state index contributed by atoms with van der Waals surface area (Å²) in [6.07, 6.45) is 10.6. The molecule has 2 aromatic carbocycles. The largest absolute Gasteiger partial charge is 0.481 e. The molecule has 0 aromatic heterocycles. The second-order valence-electron chi connectivity index (χ2n) is 6.71. The van der Waals surface area contributed by atoms with Crippen LogP contribution in [0.2, 0.25) is 5.02 Å². The summed E-state index contributed by atoms with van der Waals surface area (Å²) in [4.78, 5) is 25.4. The van der Waals surface area contributed by atoms with Gasteiger partial charge in [0.05, 0.1) is 5.92 Å². The number of carboxylic acids is 1. The summed E-state index contributed by atoms with van der Waals surface area (Å²) in [5, 5.41) is 10.2. The third kappa shape index (κ3) is 6.21. The van der Waals surface area contributed by atoms with Gasteiger partial charge in [0, 0.05) is 22.8 Å². The van der Waals surface area contributed by atoms with Gasteiger partial charge in [-0.05, 0) is 34.6 Å². The van der Waals surface area contributed by atoms with E-state index >= 15 is 0 Å². The molecule has 5 heteroatoms. The van der Waals surface area contributed by atoms with Crippen LogP contribution in [0.5, 0.6) is 0 Å². The molecule has 0 aliphatic heterocycles. The molecule has 2 aromatic rings. The summed E-state index contributed by atoms with van der Waals surface area (Å²) < 4.78 is 0. The van der Waals surface area contributed by atoms with Gasteiger partial charge in [-0.2, -0.15) is 0 Å². The second kappa shape index (κ2) is 10.3. The van der Waals surface area contributed by atoms with E-state index in [9.17, 15) is 14.7 Å². The van der Waals surface area contributed by atoms with Crippen molar-refractivity contribution in [1.82, 2.24) is 0 Å². The Morgan fingerprint density at radius 1 is 0.966 bits per heavy atom. The number of ketones is 1. The van der Waals surface area contributed by atoms with Gasteiger partial charge < -0.3 is 5.11 Å². The number of carbonyl (C=O) groups is 2. The Hall–Kier alpha value is -2.56. The van der Waals surface area contributed by atoms with E-state index in [0.717, 1.165) is 22.5 Å². The summed E-state index contributed by atoms with van der Waals surface area (Å²) in [6, 6.07) is 14.7. The molecule has 0 amide bonds. The van der Waals surface area contributed by atoms with Gasteiger partial charge in [-0.3, -0.25) is 9.59 Å². The van der Waals surface area contributed by atoms with Crippen LogP contribution in [-0.4, -0.2) is 22.6 Å². The molecule has 0 bridgehead atoms. The van der Waals surface area contributed by atoms with Gasteiger partial charge in [0.2, 0.25) is 0 Å². The fourth-order valence-corrected chi connectivity index (χ4v) is 4.11. The van der Waals surface area contributed by atoms with Crippen molar-refractivity contribution in [1.29, 1.82) is 0 Å². The molecular weight excluding hydrogens is 404 g/mol. The molecule has 1 N–H and O–H groups in total. The Balaban J connectivity index is 1.62. The van der Waals surface area contributed by atoms with Gasteiger partial charge in [-0.1, -0.05) is 78.4 Å². The van der Waals surface area contributed by atoms with Crippen LogP contribution in [0.1, 0.15) is 23.2 Å². The zero-order valence-corrected chi connectivity index (χ0v) is 17.3. The van der Waals surface area contributed by atoms with Crippen LogP contribution in [0.25, 0.3) is 11.1 Å². The normalized spacial score (nSPS) is 14.2. The van der Waals surface area contributed by atoms with Gasteiger partial charge in [-0.15, -0.1) is 11.8 Å². The SMILES string of the molecule is O=C(CC(CSC1=CC=CC=CC1)C(=O)O)c1ccc(-c2ccc(Cl)cc2)cc1. The molecule has 0 heterocycles. The lowest BCUT2D eigenvalue weighted by atomic mass is 9.97. The number of hydrogen-bond acceptors (Lipinski definition) is 3. The first-order valence-electron chi connectivity index (χ1n) is 9.30. The number of hydrogen-bond donors (Lipinski definition) is 1. The number of carbonyl (C=O) groups excluding carboxylic acids is 1. The molecule has 0 saturated heterocycles. The Morgan fingerprint density at radius 3 is 2.28 bits per heavy atom. The molecule has 1 unspecified atom stereocenters. The summed E-state index contributed by atoms with van der Waals surface area (Å²) in [7, 11) is 0. The van der Waals surface area contributed by atoms with E-state index in [0.29, 0.717) is 16.3 Å². The zero-order valence-electron chi connectivity index (χ0n) is 15.8. The average molecular weight is 425 g/mol. The number of thioether (sulfide) groups is 1. The quantitative estimate of drug-likeness (QED) is 0.497. The number of halogens is 1. The van der Waals surface area contributed by atoms with Crippen molar-refractivity contribution in [2.45, 2.75) is 12.8 Å². The third-order valence-electron chi connectivity index (χ3n) is 4.59. The zero-order chi connectivity index (χ0) is 20.6. The third-order valence-corrected chi connectivity index (χ3v) is 6.09. The standard InChI is InChI=1S/C24H21ClO3S/c25-21-13-11-18(12-14-21)17-7-9-19(10-8-17)23(26)15-20(24(27)28)16-29-22-5-3-1-2-4-6-22/h1-5,7-14,20H,6,15-16H2,(H,27,28). The summed E-state index contributed by atoms with van der Waals surface area (Å²) in [6.45, 7) is 0. The lowest BCUT2D eigenvalue weighted by Crippen LogP contribution is -2.20. The van der Waals surface area contributed by atoms with Gasteiger partial charge in [0.1, 0.15) is 0 Å². The maximum atomic E-state index is 12.6. The summed E-state index contributed by atoms with van der Waals surface area (Å²) >= 11 is 7.42. The van der Waals surface area contributed by atoms with Gasteiger partial charge >= 0.3 is 5.97 Å². The highest BCUT2D eigenvalue weighted by Gasteiger charge is 2.22. The van der Waals surface area contributed by atoms with E-state index in [1.165, 1.54) is 11.8 Å². The van der Waals surface area contributed by atoms with Crippen LogP contribution in [0.15, 0.2) is 83.8 Å². The molecule has 1 aliphatic rings. The predicted molar refractivity (Wildman–Crippen MR) is 120 cm³/mol. The van der Waals surface area contributed by atoms with E-state index in [-0.39, 0.29) is 12.2 Å². The smallest absolute Gasteiger partial charge is 0.307 e. The Kier molecular flexibility index (Phi) is 7.50. The lowest BCUT2D eigenvalue weighted by Gasteiger charge is -2.12. The van der Waals surface area contributed by atoms with Crippen LogP contribution < -0.4 is 0 Å². The number of benzene rings is 2. The summed E-state index contributed by atoms with van der Waals surface area (Å²) in [5.41, 5.74) is 2.51. The van der Waals surface area contributed by atoms with Crippen molar-refractivity contribution >= 4 is 35.1 Å². The van der Waals surface area contributed by atoms with Crippen LogP contribution in [0, 0.1) is 5.92 Å². The van der Waals surface area contributed by atoms with E-state index in [2.05, 4.69) is 0 Å². The molecule has 1 aliphatic carbocycles. The number of carboxylic acid groups (broad SMARTS) is 1. The van der Waals surface area contributed by atoms with Crippen LogP contribution in [0.4, 0.5) is 0 Å². The van der Waals surface area contributed by atoms with Crippen LogP contribution in [-0.2, 0) is 4.79 Å². The van der Waals surface area contributed by atoms with E-state index in [1.54, 1.807) is 12.1 Å². The molecule has 1 atom stereocenters. The number of aliphatic carboxylic acids is 1. The molecule has 3 rings (SSSR count). The minimum absolute atomic E-state index is 0.0123. The molecule has 0 radical (unpaired) electrons. The Labute approximate surface area is 179 Å². The minimum atomic E-state index is -0.941. The topological polar surface area (TPSA) is 54.4 Å². The highest BCUT2D eigenvalue weighted by Crippen LogP contribution is 2.27. The van der Waals surface area contributed by atoms with Crippen molar-refractivity contribution in [2.24, 2.45) is 5.92 Å². The number of rotatable bonds is 8. The van der Waals surface area contributed by atoms with E-state index in [4.69, 9.17) is 11.6 Å². The van der Waals surface area contributed by atoms with Gasteiger partial charge in [0.25, 0.3) is 0 Å². The summed E-state index contributed by atoms with van der Waals surface area (Å²) in [5.74, 6) is -1.45. The van der Waals surface area contributed by atoms with Crippen molar-refractivity contribution in [3.05, 3.63) is 94.4 Å². The molecule has 0 saturated carbocycles. The maximum absolute atomic E-state index is 12.6. The van der Waals surface area contributed by atoms with E-state index in [1.807, 2.05) is 66.8 Å². The predicted octanol–water partition coefficient (Wildman–Crippen LogP) is 6.41. The molecule has 148 valence electrons. The molecule has 29 heavy (non-hydrogen) atoms. The van der Waals surface area contributed by atoms with Crippen LogP contribution >= 0.6 is 23.4 Å². The molecular formula is C24H21ClO3S. The van der Waals surface area contributed by atoms with Gasteiger partial charge in [0.15, 0.2) is 5.78 Å². The number of Topliss-reactive ketones (excluding diaryl/α,β-unsaturated/α-hetero) is 1. The van der Waals surface area contributed by atoms with Gasteiger partial charge in [-0.25, -0.2) is 0 Å². The van der Waals surface area contributed by atoms with E-state index < -0.39 is 11.9 Å². The number of allylic oxidation sites excluding steroid dienone is 6. The highest BCUT2D eigenvalue weighted by molar-refractivity contribution is 8.03. The minimum Gasteiger partial charge on any atom is -0.481 e. The van der Waals surface area contributed by atoms with Crippen molar-refractivity contribution < 1.29 is 14.7 Å². The van der Waals surface area contributed by atoms with Crippen molar-refractivity contribution in [3.8, 4) is 11.1 Å². The fourth-order valence-electron chi connectivity index (χ4n) is 2.92. The first kappa shape index (κ1) is 21.2. The monoisotopic (exact) mass is 424 g/mol. The van der Waals surface area contributed by atoms with Crippen LogP contribution in [0.3, 0.4) is 0 Å². The first-order chi connectivity index (χ1) is 14.0. The highest BCUT2D eigenvalue weighted by atomic mass is 35.5.